The molecular weight excluding hydrogens is 327 g/mol. The molecule has 92 valence electrons. The standard InChI is InChI=1S/C12H11BrCl2O2/c1-17-11(16)12(5-8(12)6-13)7-2-3-9(14)10(15)4-7/h2-4,8H,5-6H2,1H3. The fraction of sp³-hybridized carbons (Fsp3) is 0.417. The second-order valence-electron chi connectivity index (χ2n) is 4.15. The summed E-state index contributed by atoms with van der Waals surface area (Å²) < 4.78 is 4.90. The van der Waals surface area contributed by atoms with Crippen LogP contribution in [0.5, 0.6) is 0 Å². The van der Waals surface area contributed by atoms with Crippen molar-refractivity contribution in [2.75, 3.05) is 12.4 Å². The van der Waals surface area contributed by atoms with Crippen LogP contribution in [0.2, 0.25) is 10.0 Å². The van der Waals surface area contributed by atoms with Crippen LogP contribution >= 0.6 is 39.1 Å². The molecule has 0 saturated heterocycles. The molecule has 0 aromatic heterocycles. The lowest BCUT2D eigenvalue weighted by molar-refractivity contribution is -0.144. The molecule has 2 rings (SSSR count). The molecule has 0 amide bonds. The summed E-state index contributed by atoms with van der Waals surface area (Å²) in [5, 5.41) is 1.72. The van der Waals surface area contributed by atoms with E-state index in [1.54, 1.807) is 12.1 Å². The van der Waals surface area contributed by atoms with Crippen molar-refractivity contribution < 1.29 is 9.53 Å². The van der Waals surface area contributed by atoms with E-state index in [9.17, 15) is 4.79 Å². The largest absolute Gasteiger partial charge is 0.468 e. The second kappa shape index (κ2) is 4.79. The van der Waals surface area contributed by atoms with Gasteiger partial charge in [-0.15, -0.1) is 0 Å². The lowest BCUT2D eigenvalue weighted by Crippen LogP contribution is -2.25. The van der Waals surface area contributed by atoms with E-state index in [4.69, 9.17) is 27.9 Å². The summed E-state index contributed by atoms with van der Waals surface area (Å²) in [4.78, 5) is 11.9. The van der Waals surface area contributed by atoms with Crippen LogP contribution in [-0.2, 0) is 14.9 Å². The minimum absolute atomic E-state index is 0.208. The molecular formula is C12H11BrCl2O2. The van der Waals surface area contributed by atoms with E-state index >= 15 is 0 Å². The smallest absolute Gasteiger partial charge is 0.316 e. The zero-order valence-electron chi connectivity index (χ0n) is 9.17. The van der Waals surface area contributed by atoms with Gasteiger partial charge < -0.3 is 4.74 Å². The van der Waals surface area contributed by atoms with Crippen LogP contribution in [0.15, 0.2) is 18.2 Å². The summed E-state index contributed by atoms with van der Waals surface area (Å²) in [7, 11) is 1.41. The van der Waals surface area contributed by atoms with Gasteiger partial charge in [-0.2, -0.15) is 0 Å². The maximum absolute atomic E-state index is 11.9. The first-order valence-electron chi connectivity index (χ1n) is 5.16. The number of esters is 1. The van der Waals surface area contributed by atoms with Crippen molar-refractivity contribution in [2.45, 2.75) is 11.8 Å². The number of ether oxygens (including phenoxy) is 1. The van der Waals surface area contributed by atoms with Crippen molar-refractivity contribution in [3.05, 3.63) is 33.8 Å². The van der Waals surface area contributed by atoms with Gasteiger partial charge in [-0.3, -0.25) is 4.79 Å². The Morgan fingerprint density at radius 3 is 2.71 bits per heavy atom. The molecule has 1 fully saturated rings. The monoisotopic (exact) mass is 336 g/mol. The van der Waals surface area contributed by atoms with Crippen molar-refractivity contribution in [1.29, 1.82) is 0 Å². The van der Waals surface area contributed by atoms with E-state index in [-0.39, 0.29) is 11.9 Å². The average Bonchev–Trinajstić information content (AvgIpc) is 3.07. The van der Waals surface area contributed by atoms with E-state index in [0.29, 0.717) is 10.0 Å². The topological polar surface area (TPSA) is 26.3 Å². The molecule has 0 aliphatic heterocycles. The molecule has 1 aromatic rings. The van der Waals surface area contributed by atoms with E-state index < -0.39 is 5.41 Å². The fourth-order valence-electron chi connectivity index (χ4n) is 2.19. The molecule has 1 aliphatic carbocycles. The van der Waals surface area contributed by atoms with Crippen molar-refractivity contribution in [1.82, 2.24) is 0 Å². The van der Waals surface area contributed by atoms with Gasteiger partial charge in [0.2, 0.25) is 0 Å². The van der Waals surface area contributed by atoms with Crippen LogP contribution in [0.3, 0.4) is 0 Å². The van der Waals surface area contributed by atoms with Gasteiger partial charge in [0.1, 0.15) is 0 Å². The number of hydrogen-bond donors (Lipinski definition) is 0. The molecule has 0 bridgehead atoms. The number of rotatable bonds is 3. The Hall–Kier alpha value is -0.250. The van der Waals surface area contributed by atoms with Gasteiger partial charge in [-0.1, -0.05) is 45.2 Å². The van der Waals surface area contributed by atoms with Gasteiger partial charge in [0.05, 0.1) is 22.6 Å². The third-order valence-corrected chi connectivity index (χ3v) is 4.80. The molecule has 1 aliphatic rings. The Bertz CT molecular complexity index is 464. The van der Waals surface area contributed by atoms with E-state index in [0.717, 1.165) is 17.3 Å². The number of halogens is 3. The highest BCUT2D eigenvalue weighted by Crippen LogP contribution is 2.56. The zero-order chi connectivity index (χ0) is 12.6. The Labute approximate surface area is 118 Å². The Morgan fingerprint density at radius 1 is 1.53 bits per heavy atom. The number of benzene rings is 1. The van der Waals surface area contributed by atoms with Gasteiger partial charge in [-0.05, 0) is 30.0 Å². The lowest BCUT2D eigenvalue weighted by atomic mass is 9.93. The van der Waals surface area contributed by atoms with E-state index in [2.05, 4.69) is 15.9 Å². The fourth-order valence-corrected chi connectivity index (χ4v) is 3.27. The van der Waals surface area contributed by atoms with Gasteiger partial charge in [0.15, 0.2) is 0 Å². The summed E-state index contributed by atoms with van der Waals surface area (Å²) in [5.41, 5.74) is 0.329. The highest BCUT2D eigenvalue weighted by molar-refractivity contribution is 9.09. The van der Waals surface area contributed by atoms with Crippen LogP contribution in [0, 0.1) is 5.92 Å². The maximum atomic E-state index is 11.9. The molecule has 2 nitrogen and oxygen atoms in total. The number of alkyl halides is 1. The van der Waals surface area contributed by atoms with Crippen LogP contribution in [0.1, 0.15) is 12.0 Å². The lowest BCUT2D eigenvalue weighted by Gasteiger charge is -2.15. The summed E-state index contributed by atoms with van der Waals surface area (Å²) >= 11 is 15.3. The molecule has 1 aromatic carbocycles. The minimum Gasteiger partial charge on any atom is -0.468 e. The molecule has 5 heteroatoms. The third kappa shape index (κ3) is 2.09. The first-order valence-corrected chi connectivity index (χ1v) is 7.04. The normalized spacial score (nSPS) is 26.7. The third-order valence-electron chi connectivity index (χ3n) is 3.28. The molecule has 0 heterocycles. The molecule has 0 N–H and O–H groups in total. The average molecular weight is 338 g/mol. The van der Waals surface area contributed by atoms with Crippen molar-refractivity contribution in [3.63, 3.8) is 0 Å². The molecule has 0 spiro atoms. The summed E-state index contributed by atoms with van der Waals surface area (Å²) in [5.74, 6) is 0.0486. The quantitative estimate of drug-likeness (QED) is 0.619. The molecule has 2 atom stereocenters. The molecule has 17 heavy (non-hydrogen) atoms. The van der Waals surface area contributed by atoms with Gasteiger partial charge in [-0.25, -0.2) is 0 Å². The highest BCUT2D eigenvalue weighted by atomic mass is 79.9. The van der Waals surface area contributed by atoms with E-state index in [1.807, 2.05) is 6.07 Å². The minimum atomic E-state index is -0.549. The van der Waals surface area contributed by atoms with Crippen LogP contribution in [0.4, 0.5) is 0 Å². The Morgan fingerprint density at radius 2 is 2.24 bits per heavy atom. The SMILES string of the molecule is COC(=O)C1(c2ccc(Cl)c(Cl)c2)CC1CBr. The first-order chi connectivity index (χ1) is 8.06. The highest BCUT2D eigenvalue weighted by Gasteiger charge is 2.61. The van der Waals surface area contributed by atoms with Crippen molar-refractivity contribution >= 4 is 45.1 Å². The van der Waals surface area contributed by atoms with Crippen LogP contribution < -0.4 is 0 Å². The molecule has 1 saturated carbocycles. The number of carbonyl (C=O) groups excluding carboxylic acids is 1. The predicted octanol–water partition coefficient (Wildman–Crippen LogP) is 3.82. The second-order valence-corrected chi connectivity index (χ2v) is 5.61. The predicted molar refractivity (Wildman–Crippen MR) is 72.1 cm³/mol. The van der Waals surface area contributed by atoms with Crippen molar-refractivity contribution in [2.24, 2.45) is 5.92 Å². The number of carbonyl (C=O) groups is 1. The van der Waals surface area contributed by atoms with Gasteiger partial charge >= 0.3 is 5.97 Å². The zero-order valence-corrected chi connectivity index (χ0v) is 12.3. The molecule has 2 unspecified atom stereocenters. The summed E-state index contributed by atoms with van der Waals surface area (Å²) in [6.07, 6.45) is 0.781. The van der Waals surface area contributed by atoms with Gasteiger partial charge in [0.25, 0.3) is 0 Å². The Kier molecular flexibility index (Phi) is 3.71. The van der Waals surface area contributed by atoms with Gasteiger partial charge in [0, 0.05) is 5.33 Å². The molecule has 0 radical (unpaired) electrons. The number of methoxy groups -OCH3 is 1. The van der Waals surface area contributed by atoms with Crippen molar-refractivity contribution in [3.8, 4) is 0 Å². The van der Waals surface area contributed by atoms with Crippen LogP contribution in [-0.4, -0.2) is 18.4 Å². The Balaban J connectivity index is 2.41. The summed E-state index contributed by atoms with van der Waals surface area (Å²) in [6.45, 7) is 0. The number of hydrogen-bond acceptors (Lipinski definition) is 2. The maximum Gasteiger partial charge on any atom is 0.316 e. The summed E-state index contributed by atoms with van der Waals surface area (Å²) in [6, 6.07) is 5.31. The first kappa shape index (κ1) is 13.2. The van der Waals surface area contributed by atoms with Crippen LogP contribution in [0.25, 0.3) is 0 Å². The van der Waals surface area contributed by atoms with E-state index in [1.165, 1.54) is 7.11 Å².